The van der Waals surface area contributed by atoms with Gasteiger partial charge in [-0.3, -0.25) is 4.79 Å². The van der Waals surface area contributed by atoms with Crippen LogP contribution >= 0.6 is 0 Å². The highest BCUT2D eigenvalue weighted by molar-refractivity contribution is 5.80. The van der Waals surface area contributed by atoms with Crippen molar-refractivity contribution in [3.8, 4) is 0 Å². The standard InChI is InChI=1S/C74H120O39/c1-26-55(108-62-54(96)56(32(80)24-100-62)109-60-49(91)40(82)29(77)21-98-60)53(95)59(111-64-52(94)46(88)43(85)33(19-75)104-64)66(103-26)112-58-48(90)44(86)34(20-76)105-67(58)113-68(97)74-16-15-69(2,3)17-28(74)27-9-10-37-71(6)13-12-39(70(4,5)36(71)11-14-72(37,7)73(27,8)18-38(74)81)107-63-51(93)47(89)45(87)35(106-63)25-102-65-57(42(84)31(79)23-101-65)110-61-50(92)41(83)30(78)22-99-61/h9,26,28-67,75-96H,10-25H2,1-8H3/t26-,28-,29+,30+,31-,32+,33+,34+,35+,36-,37+,38+,39-,40-,41-,42-,43-,44+,45+,46-,47-,48-,49+,50+,51+,52+,53+,54+,55-,56-,57+,58+,59+,60-,61-,62-,63-,64-,65+,66-,67-,71-,72+,73+,74+/m0/s1. The van der Waals surface area contributed by atoms with E-state index in [1.54, 1.807) is 0 Å². The SMILES string of the molecule is C[C@@H]1O[C@@H](O[C@H]2[C@H](OC(=O)[C@]34CCC(C)(C)C[C@H]3C3=CC[C@@H]5[C@@]6(C)CC[C@H](O[C@@H]7O[C@H](CO[C@H]8OC[C@H](O)[C@H](O)[C@H]8O[C@@H]8OC[C@@H](O)[C@H](O)[C@H]8O)[C@@H](O)[C@H](O)[C@H]7O)C(C)(C)[C@@H]6CC[C@@]5(C)[C@]3(C)C[C@H]4O)O[C@H](CO)[C@@H](O)[C@@H]2O)[C@H](O[C@@H]2O[C@H](CO)[C@H](O)[C@H](O)[C@H]2O)[C@H](O)[C@H]1O[C@@H]1OC[C@@H](O)[C@H](O[C@@H]2OC[C@@H](O)[C@H](O)[C@H]2O)[C@H]1O. The van der Waals surface area contributed by atoms with Gasteiger partial charge in [0.15, 0.2) is 50.1 Å². The summed E-state index contributed by atoms with van der Waals surface area (Å²) in [7, 11) is 0. The van der Waals surface area contributed by atoms with E-state index in [1.807, 2.05) is 0 Å². The van der Waals surface area contributed by atoms with Gasteiger partial charge < -0.3 is 188 Å². The fourth-order valence-corrected chi connectivity index (χ4v) is 21.3. The van der Waals surface area contributed by atoms with Crippen LogP contribution in [-0.4, -0.2) is 398 Å². The van der Waals surface area contributed by atoms with E-state index in [0.29, 0.717) is 44.9 Å². The van der Waals surface area contributed by atoms with Crippen LogP contribution in [0.25, 0.3) is 0 Å². The molecule has 8 saturated heterocycles. The maximum Gasteiger partial charge on any atom is 0.317 e. The first-order valence-electron chi connectivity index (χ1n) is 39.5. The number of carbonyl (C=O) groups excluding carboxylic acids is 1. The van der Waals surface area contributed by atoms with Crippen LogP contribution in [0.5, 0.6) is 0 Å². The molecule has 0 aromatic heterocycles. The Hall–Kier alpha value is -2.27. The Morgan fingerprint density at radius 2 is 0.903 bits per heavy atom. The summed E-state index contributed by atoms with van der Waals surface area (Å²) in [5, 5.41) is 244. The second kappa shape index (κ2) is 33.9. The van der Waals surface area contributed by atoms with Crippen LogP contribution in [0, 0.1) is 50.2 Å². The highest BCUT2D eigenvalue weighted by Gasteiger charge is 2.73. The van der Waals surface area contributed by atoms with Gasteiger partial charge >= 0.3 is 5.97 Å². The van der Waals surface area contributed by atoms with Gasteiger partial charge in [-0.2, -0.15) is 0 Å². The Kier molecular flexibility index (Phi) is 26.5. The van der Waals surface area contributed by atoms with Gasteiger partial charge in [0.25, 0.3) is 0 Å². The normalized spacial score (nSPS) is 54.7. The van der Waals surface area contributed by atoms with Gasteiger partial charge in [0.05, 0.1) is 64.6 Å². The molecule has 12 fully saturated rings. The van der Waals surface area contributed by atoms with E-state index < -0.39 is 324 Å². The molecule has 0 amide bonds. The van der Waals surface area contributed by atoms with E-state index in [-0.39, 0.29) is 24.7 Å². The van der Waals surface area contributed by atoms with Gasteiger partial charge in [-0.15, -0.1) is 0 Å². The lowest BCUT2D eigenvalue weighted by molar-refractivity contribution is -0.401. The summed E-state index contributed by atoms with van der Waals surface area (Å²) in [6.45, 7) is 12.0. The van der Waals surface area contributed by atoms with Crippen molar-refractivity contribution in [2.75, 3.05) is 46.2 Å². The van der Waals surface area contributed by atoms with Crippen molar-refractivity contribution >= 4 is 5.97 Å². The fraction of sp³-hybridized carbons (Fsp3) is 0.959. The van der Waals surface area contributed by atoms with Gasteiger partial charge in [0.1, 0.15) is 164 Å². The third kappa shape index (κ3) is 15.8. The molecule has 39 heteroatoms. The number of fused-ring (bicyclic) bond motifs is 7. The minimum Gasteiger partial charge on any atom is -0.432 e. The summed E-state index contributed by atoms with van der Waals surface area (Å²) in [6.07, 6.45) is -59.7. The van der Waals surface area contributed by atoms with Crippen LogP contribution in [0.2, 0.25) is 0 Å². The molecular formula is C74H120O39. The van der Waals surface area contributed by atoms with Crippen LogP contribution in [0.1, 0.15) is 113 Å². The van der Waals surface area contributed by atoms with E-state index in [1.165, 1.54) is 6.92 Å². The molecule has 0 spiro atoms. The third-order valence-electron chi connectivity index (χ3n) is 28.3. The number of hydrogen-bond acceptors (Lipinski definition) is 39. The molecule has 0 aromatic carbocycles. The van der Waals surface area contributed by atoms with Crippen molar-refractivity contribution in [3.05, 3.63) is 11.6 Å². The number of hydrogen-bond donors (Lipinski definition) is 22. The molecule has 650 valence electrons. The zero-order valence-electron chi connectivity index (χ0n) is 64.3. The first-order valence-corrected chi connectivity index (χ1v) is 39.5. The number of esters is 1. The van der Waals surface area contributed by atoms with Crippen molar-refractivity contribution < 1.29 is 193 Å². The van der Waals surface area contributed by atoms with Crippen molar-refractivity contribution in [2.45, 2.75) is 347 Å². The number of allylic oxidation sites excluding steroid dienone is 2. The topological polar surface area (TPSA) is 610 Å². The lowest BCUT2D eigenvalue weighted by Crippen LogP contribution is -2.69. The molecule has 5 aliphatic carbocycles. The molecule has 0 radical (unpaired) electrons. The van der Waals surface area contributed by atoms with Gasteiger partial charge in [0, 0.05) is 0 Å². The molecule has 0 unspecified atom stereocenters. The predicted octanol–water partition coefficient (Wildman–Crippen LogP) is -8.18. The molecule has 4 saturated carbocycles. The number of rotatable bonds is 19. The largest absolute Gasteiger partial charge is 0.432 e. The van der Waals surface area contributed by atoms with Crippen molar-refractivity contribution in [2.24, 2.45) is 50.2 Å². The Morgan fingerprint density at radius 1 is 0.425 bits per heavy atom. The van der Waals surface area contributed by atoms with Crippen LogP contribution in [0.15, 0.2) is 11.6 Å². The van der Waals surface area contributed by atoms with E-state index in [9.17, 15) is 112 Å². The molecule has 0 bridgehead atoms. The van der Waals surface area contributed by atoms with Crippen molar-refractivity contribution in [1.29, 1.82) is 0 Å². The first-order chi connectivity index (χ1) is 53.1. The number of ether oxygens (including phenoxy) is 16. The van der Waals surface area contributed by atoms with Gasteiger partial charge in [-0.05, 0) is 110 Å². The quantitative estimate of drug-likeness (QED) is 0.0324. The summed E-state index contributed by atoms with van der Waals surface area (Å²) < 4.78 is 95.9. The molecular weight excluding hydrogens is 1510 g/mol. The summed E-state index contributed by atoms with van der Waals surface area (Å²) in [4.78, 5) is 16.0. The summed E-state index contributed by atoms with van der Waals surface area (Å²) in [6, 6.07) is 0. The molecule has 45 atom stereocenters. The number of carbonyl (C=O) groups is 1. The Balaban J connectivity index is 0.726. The van der Waals surface area contributed by atoms with Gasteiger partial charge in [-0.25, -0.2) is 0 Å². The Bertz CT molecular complexity index is 3230. The Labute approximate surface area is 651 Å². The third-order valence-corrected chi connectivity index (χ3v) is 28.3. The zero-order valence-corrected chi connectivity index (χ0v) is 64.3. The smallest absolute Gasteiger partial charge is 0.317 e. The maximum atomic E-state index is 16.0. The van der Waals surface area contributed by atoms with Crippen LogP contribution in [0.3, 0.4) is 0 Å². The number of aliphatic hydroxyl groups excluding tert-OH is 22. The van der Waals surface area contributed by atoms with Gasteiger partial charge in [-0.1, -0.05) is 60.1 Å². The van der Waals surface area contributed by atoms with Crippen molar-refractivity contribution in [1.82, 2.24) is 0 Å². The summed E-state index contributed by atoms with van der Waals surface area (Å²) in [5.41, 5.74) is -3.56. The van der Waals surface area contributed by atoms with Crippen LogP contribution < -0.4 is 0 Å². The molecule has 113 heavy (non-hydrogen) atoms. The fourth-order valence-electron chi connectivity index (χ4n) is 21.3. The molecule has 39 nitrogen and oxygen atoms in total. The monoisotopic (exact) mass is 1630 g/mol. The molecule has 0 aromatic rings. The minimum absolute atomic E-state index is 0.0325. The van der Waals surface area contributed by atoms with Crippen LogP contribution in [0.4, 0.5) is 0 Å². The Morgan fingerprint density at radius 3 is 1.51 bits per heavy atom. The zero-order chi connectivity index (χ0) is 82.2. The molecule has 22 N–H and O–H groups in total. The predicted molar refractivity (Wildman–Crippen MR) is 369 cm³/mol. The van der Waals surface area contributed by atoms with Crippen molar-refractivity contribution in [3.63, 3.8) is 0 Å². The average Bonchev–Trinajstić information content (AvgIpc) is 0.669. The second-order valence-electron chi connectivity index (χ2n) is 35.8. The summed E-state index contributed by atoms with van der Waals surface area (Å²) in [5.74, 6) is -1.74. The second-order valence-corrected chi connectivity index (χ2v) is 35.8. The lowest BCUT2D eigenvalue weighted by atomic mass is 9.33. The first kappa shape index (κ1) is 88.5. The lowest BCUT2D eigenvalue weighted by Gasteiger charge is -2.71. The highest BCUT2D eigenvalue weighted by atomic mass is 16.8. The average molecular weight is 1630 g/mol. The highest BCUT2D eigenvalue weighted by Crippen LogP contribution is 2.76. The molecule has 8 heterocycles. The maximum absolute atomic E-state index is 16.0. The molecule has 8 aliphatic heterocycles. The van der Waals surface area contributed by atoms with Gasteiger partial charge in [0.2, 0.25) is 6.29 Å². The van der Waals surface area contributed by atoms with E-state index in [4.69, 9.17) is 75.8 Å². The van der Waals surface area contributed by atoms with Crippen LogP contribution in [-0.2, 0) is 80.6 Å². The minimum atomic E-state index is -2.14. The number of aliphatic hydroxyl groups is 22. The molecule has 13 aliphatic rings. The van der Waals surface area contributed by atoms with E-state index >= 15 is 4.79 Å². The van der Waals surface area contributed by atoms with E-state index in [0.717, 1.165) is 5.57 Å². The summed E-state index contributed by atoms with van der Waals surface area (Å²) >= 11 is 0. The molecule has 13 rings (SSSR count). The van der Waals surface area contributed by atoms with E-state index in [2.05, 4.69) is 54.5 Å².